The number of aromatic amines is 1. The zero-order valence-electron chi connectivity index (χ0n) is 19.7. The molecule has 1 aromatic heterocycles. The van der Waals surface area contributed by atoms with Gasteiger partial charge in [0, 0.05) is 35.3 Å². The fourth-order valence-corrected chi connectivity index (χ4v) is 4.84. The summed E-state index contributed by atoms with van der Waals surface area (Å²) in [6, 6.07) is 11.0. The van der Waals surface area contributed by atoms with E-state index in [1.54, 1.807) is 17.0 Å². The smallest absolute Gasteiger partial charge is 0.322 e. The molecule has 3 aromatic rings. The third kappa shape index (κ3) is 5.09. The summed E-state index contributed by atoms with van der Waals surface area (Å²) < 4.78 is 24.6. The summed E-state index contributed by atoms with van der Waals surface area (Å²) in [4.78, 5) is 33.2. The molecule has 35 heavy (non-hydrogen) atoms. The largest absolute Gasteiger partial charge is 0.486 e. The van der Waals surface area contributed by atoms with Crippen LogP contribution in [0.25, 0.3) is 10.9 Å². The molecule has 1 fully saturated rings. The number of urea groups is 1. The lowest BCUT2D eigenvalue weighted by molar-refractivity contribution is 0.172. The number of hydrogen-bond acceptors (Lipinski definition) is 5. The molecule has 8 nitrogen and oxygen atoms in total. The number of nitrogens with zero attached hydrogens (tertiary/aromatic N) is 2. The third-order valence-electron chi connectivity index (χ3n) is 6.66. The Morgan fingerprint density at radius 1 is 1.17 bits per heavy atom. The highest BCUT2D eigenvalue weighted by atomic mass is 19.1. The Bertz CT molecular complexity index is 1280. The van der Waals surface area contributed by atoms with Crippen LogP contribution in [-0.4, -0.2) is 59.7 Å². The number of anilines is 1. The van der Waals surface area contributed by atoms with Gasteiger partial charge in [0.25, 0.3) is 5.56 Å². The number of carbonyl (C=O) groups is 1. The van der Waals surface area contributed by atoms with E-state index in [1.807, 2.05) is 6.07 Å². The van der Waals surface area contributed by atoms with Gasteiger partial charge in [-0.05, 0) is 62.3 Å². The van der Waals surface area contributed by atoms with Crippen molar-refractivity contribution in [1.82, 2.24) is 14.8 Å². The van der Waals surface area contributed by atoms with E-state index in [-0.39, 0.29) is 30.0 Å². The van der Waals surface area contributed by atoms with Gasteiger partial charge in [-0.2, -0.15) is 0 Å². The maximum atomic E-state index is 13.3. The lowest BCUT2D eigenvalue weighted by Gasteiger charge is -2.30. The van der Waals surface area contributed by atoms with E-state index >= 15 is 0 Å². The number of H-pyrrole nitrogens is 1. The van der Waals surface area contributed by atoms with Crippen molar-refractivity contribution in [2.75, 3.05) is 38.2 Å². The molecule has 0 spiro atoms. The van der Waals surface area contributed by atoms with E-state index < -0.39 is 0 Å². The molecule has 0 saturated carbocycles. The highest BCUT2D eigenvalue weighted by Crippen LogP contribution is 2.33. The van der Waals surface area contributed by atoms with Crippen molar-refractivity contribution in [3.8, 4) is 11.5 Å². The van der Waals surface area contributed by atoms with Gasteiger partial charge in [-0.15, -0.1) is 0 Å². The Balaban J connectivity index is 1.43. The summed E-state index contributed by atoms with van der Waals surface area (Å²) in [6.07, 6.45) is 2.07. The van der Waals surface area contributed by atoms with Crippen molar-refractivity contribution >= 4 is 22.6 Å². The number of halogens is 1. The van der Waals surface area contributed by atoms with Crippen LogP contribution in [0.1, 0.15) is 25.3 Å². The fraction of sp³-hybridized carbons (Fsp3) is 0.385. The van der Waals surface area contributed by atoms with Crippen molar-refractivity contribution in [2.24, 2.45) is 0 Å². The molecule has 0 radical (unpaired) electrons. The first-order valence-electron chi connectivity index (χ1n) is 12.0. The number of rotatable bonds is 6. The number of benzene rings is 2. The molecule has 2 aromatic carbocycles. The topological polar surface area (TPSA) is 86.9 Å². The lowest BCUT2D eigenvalue weighted by Crippen LogP contribution is -2.45. The van der Waals surface area contributed by atoms with Gasteiger partial charge < -0.3 is 24.7 Å². The minimum absolute atomic E-state index is 0.140. The second kappa shape index (κ2) is 9.95. The van der Waals surface area contributed by atoms with E-state index in [4.69, 9.17) is 9.47 Å². The van der Waals surface area contributed by atoms with Crippen LogP contribution in [0.3, 0.4) is 0 Å². The van der Waals surface area contributed by atoms with Gasteiger partial charge in [-0.25, -0.2) is 9.18 Å². The number of carbonyl (C=O) groups excluding carboxylic acids is 1. The summed E-state index contributed by atoms with van der Waals surface area (Å²) in [5, 5.41) is 3.65. The summed E-state index contributed by atoms with van der Waals surface area (Å²) in [7, 11) is 0. The number of likely N-dealkylation sites (tertiary alicyclic amines) is 1. The highest BCUT2D eigenvalue weighted by Gasteiger charge is 2.28. The molecule has 0 bridgehead atoms. The van der Waals surface area contributed by atoms with Crippen molar-refractivity contribution < 1.29 is 18.7 Å². The second-order valence-corrected chi connectivity index (χ2v) is 8.95. The Labute approximate surface area is 202 Å². The Kier molecular flexibility index (Phi) is 6.59. The van der Waals surface area contributed by atoms with Crippen LogP contribution in [-0.2, 0) is 6.54 Å². The van der Waals surface area contributed by atoms with Crippen molar-refractivity contribution in [2.45, 2.75) is 32.4 Å². The molecule has 9 heteroatoms. The number of hydrogen-bond donors (Lipinski definition) is 2. The summed E-state index contributed by atoms with van der Waals surface area (Å²) in [6.45, 7) is 5.58. The average molecular weight is 481 g/mol. The fourth-order valence-electron chi connectivity index (χ4n) is 4.84. The quantitative estimate of drug-likeness (QED) is 0.558. The van der Waals surface area contributed by atoms with Crippen molar-refractivity contribution in [3.05, 3.63) is 64.2 Å². The van der Waals surface area contributed by atoms with Crippen molar-refractivity contribution in [1.29, 1.82) is 0 Å². The van der Waals surface area contributed by atoms with Gasteiger partial charge in [-0.1, -0.05) is 6.92 Å². The molecule has 3 heterocycles. The summed E-state index contributed by atoms with van der Waals surface area (Å²) >= 11 is 0. The number of amides is 2. The van der Waals surface area contributed by atoms with E-state index in [0.29, 0.717) is 48.0 Å². The van der Waals surface area contributed by atoms with Gasteiger partial charge in [0.1, 0.15) is 19.0 Å². The average Bonchev–Trinajstić information content (AvgIpc) is 3.31. The first kappa shape index (κ1) is 23.2. The van der Waals surface area contributed by atoms with Crippen LogP contribution in [0, 0.1) is 5.82 Å². The van der Waals surface area contributed by atoms with Gasteiger partial charge in [-0.3, -0.25) is 9.69 Å². The number of fused-ring (bicyclic) bond motifs is 2. The van der Waals surface area contributed by atoms with Crippen LogP contribution < -0.4 is 20.3 Å². The molecule has 0 unspecified atom stereocenters. The standard InChI is InChI=1S/C26H29FN4O4/c1-2-30-9-3-4-21(30)16-31(26(33)28-20-7-5-19(27)6-8-20)15-18-12-17-13-23-24(35-11-10-34-23)14-22(17)29-25(18)32/h5-8,12-14,21H,2-4,9-11,15-16H2,1H3,(H,28,33)(H,29,32)/t21-/m1/s1. The van der Waals surface area contributed by atoms with Crippen LogP contribution >= 0.6 is 0 Å². The van der Waals surface area contributed by atoms with Gasteiger partial charge in [0.15, 0.2) is 11.5 Å². The summed E-state index contributed by atoms with van der Waals surface area (Å²) in [5.41, 5.74) is 1.37. The number of pyridine rings is 1. The van der Waals surface area contributed by atoms with Crippen LogP contribution in [0.5, 0.6) is 11.5 Å². The maximum Gasteiger partial charge on any atom is 0.322 e. The molecule has 2 aliphatic heterocycles. The van der Waals surface area contributed by atoms with Crippen LogP contribution in [0.15, 0.2) is 47.3 Å². The molecular formula is C26H29FN4O4. The Morgan fingerprint density at radius 3 is 2.66 bits per heavy atom. The first-order valence-corrected chi connectivity index (χ1v) is 12.0. The van der Waals surface area contributed by atoms with Gasteiger partial charge >= 0.3 is 6.03 Å². The molecule has 184 valence electrons. The molecule has 5 rings (SSSR count). The molecule has 0 aliphatic carbocycles. The molecule has 2 N–H and O–H groups in total. The maximum absolute atomic E-state index is 13.3. The van der Waals surface area contributed by atoms with E-state index in [2.05, 4.69) is 22.1 Å². The highest BCUT2D eigenvalue weighted by molar-refractivity contribution is 5.89. The van der Waals surface area contributed by atoms with Gasteiger partial charge in [0.05, 0.1) is 12.1 Å². The van der Waals surface area contributed by atoms with Gasteiger partial charge in [0.2, 0.25) is 0 Å². The van der Waals surface area contributed by atoms with Crippen molar-refractivity contribution in [3.63, 3.8) is 0 Å². The number of aromatic nitrogens is 1. The second-order valence-electron chi connectivity index (χ2n) is 8.95. The molecule has 1 atom stereocenters. The van der Waals surface area contributed by atoms with E-state index in [0.717, 1.165) is 31.3 Å². The lowest BCUT2D eigenvalue weighted by atomic mass is 10.1. The number of nitrogens with one attached hydrogen (secondary N) is 2. The number of likely N-dealkylation sites (N-methyl/N-ethyl adjacent to an activating group) is 1. The molecular weight excluding hydrogens is 451 g/mol. The molecule has 1 saturated heterocycles. The Hall–Kier alpha value is -3.59. The zero-order valence-corrected chi connectivity index (χ0v) is 19.7. The van der Waals surface area contributed by atoms with Crippen LogP contribution in [0.4, 0.5) is 14.9 Å². The SMILES string of the molecule is CCN1CCC[C@@H]1CN(Cc1cc2cc3c(cc2[nH]c1=O)OCCO3)C(=O)Nc1ccc(F)cc1. The predicted octanol–water partition coefficient (Wildman–Crippen LogP) is 3.96. The number of ether oxygens (including phenoxy) is 2. The zero-order chi connectivity index (χ0) is 24.4. The molecule has 2 amide bonds. The minimum Gasteiger partial charge on any atom is -0.486 e. The predicted molar refractivity (Wildman–Crippen MR) is 132 cm³/mol. The third-order valence-corrected chi connectivity index (χ3v) is 6.66. The summed E-state index contributed by atoms with van der Waals surface area (Å²) in [5.74, 6) is 0.870. The molecule has 2 aliphatic rings. The monoisotopic (exact) mass is 480 g/mol. The van der Waals surface area contributed by atoms with E-state index in [1.165, 1.54) is 24.3 Å². The first-order chi connectivity index (χ1) is 17.0. The Morgan fingerprint density at radius 2 is 1.91 bits per heavy atom. The normalized spacial score (nSPS) is 17.5. The van der Waals surface area contributed by atoms with Crippen LogP contribution in [0.2, 0.25) is 0 Å². The van der Waals surface area contributed by atoms with E-state index in [9.17, 15) is 14.0 Å². The minimum atomic E-state index is -0.372.